The van der Waals surface area contributed by atoms with E-state index in [9.17, 15) is 5.11 Å². The van der Waals surface area contributed by atoms with Gasteiger partial charge in [-0.25, -0.2) is 0 Å². The van der Waals surface area contributed by atoms with Crippen LogP contribution in [0.5, 0.6) is 0 Å². The molecule has 2 aliphatic rings. The summed E-state index contributed by atoms with van der Waals surface area (Å²) >= 11 is 6.01. The molecule has 2 bridgehead atoms. The number of fused-ring (bicyclic) bond motifs is 2. The van der Waals surface area contributed by atoms with Crippen molar-refractivity contribution in [2.24, 2.45) is 11.8 Å². The summed E-state index contributed by atoms with van der Waals surface area (Å²) in [6.07, 6.45) is 2.21. The van der Waals surface area contributed by atoms with Crippen molar-refractivity contribution in [2.45, 2.75) is 25.0 Å². The highest BCUT2D eigenvalue weighted by Gasteiger charge is 2.53. The van der Waals surface area contributed by atoms with E-state index in [1.807, 2.05) is 24.3 Å². The first kappa shape index (κ1) is 15.2. The minimum Gasteiger partial charge on any atom is -0.384 e. The molecule has 1 N–H and O–H groups in total. The summed E-state index contributed by atoms with van der Waals surface area (Å²) in [6, 6.07) is 18.4. The molecule has 0 amide bonds. The van der Waals surface area contributed by atoms with Crippen molar-refractivity contribution in [3.8, 4) is 0 Å². The number of halogens is 1. The van der Waals surface area contributed by atoms with Gasteiger partial charge in [0.15, 0.2) is 0 Å². The quantitative estimate of drug-likeness (QED) is 0.918. The summed E-state index contributed by atoms with van der Waals surface area (Å²) in [6.45, 7) is 2.90. The van der Waals surface area contributed by atoms with Crippen LogP contribution in [0.25, 0.3) is 0 Å². The van der Waals surface area contributed by atoms with E-state index >= 15 is 0 Å². The fourth-order valence-electron chi connectivity index (χ4n) is 4.49. The lowest BCUT2D eigenvalue weighted by Crippen LogP contribution is -2.51. The van der Waals surface area contributed by atoms with E-state index in [1.165, 1.54) is 5.56 Å². The molecule has 4 rings (SSSR count). The number of likely N-dealkylation sites (tertiary alicyclic amines) is 1. The average molecular weight is 328 g/mol. The highest BCUT2D eigenvalue weighted by Crippen LogP contribution is 2.51. The standard InChI is InChI=1S/C20H22ClNO/c21-19-10-8-16(9-11-19)20(23)17-6-7-18(20)14-22(13-17)12-15-4-2-1-3-5-15/h1-5,8-11,17-18,23H,6-7,12-14H2. The molecule has 3 heteroatoms. The normalized spacial score (nSPS) is 30.5. The Kier molecular flexibility index (Phi) is 3.92. The fraction of sp³-hybridized carbons (Fsp3) is 0.400. The number of hydrogen-bond donors (Lipinski definition) is 1. The Balaban J connectivity index is 1.55. The summed E-state index contributed by atoms with van der Waals surface area (Å²) in [5.74, 6) is 0.622. The molecular weight excluding hydrogens is 306 g/mol. The van der Waals surface area contributed by atoms with Gasteiger partial charge in [-0.2, -0.15) is 0 Å². The smallest absolute Gasteiger partial charge is 0.0976 e. The molecule has 2 unspecified atom stereocenters. The van der Waals surface area contributed by atoms with Crippen molar-refractivity contribution in [1.82, 2.24) is 4.90 Å². The third kappa shape index (κ3) is 2.69. The first-order valence-electron chi connectivity index (χ1n) is 8.41. The van der Waals surface area contributed by atoms with Crippen molar-refractivity contribution in [2.75, 3.05) is 13.1 Å². The summed E-state index contributed by atoms with van der Waals surface area (Å²) in [4.78, 5) is 2.50. The molecule has 2 atom stereocenters. The van der Waals surface area contributed by atoms with Gasteiger partial charge < -0.3 is 5.11 Å². The van der Waals surface area contributed by atoms with Gasteiger partial charge in [-0.05, 0) is 36.1 Å². The van der Waals surface area contributed by atoms with E-state index in [1.54, 1.807) is 0 Å². The van der Waals surface area contributed by atoms with Crippen LogP contribution < -0.4 is 0 Å². The Hall–Kier alpha value is -1.35. The largest absolute Gasteiger partial charge is 0.384 e. The Labute approximate surface area is 142 Å². The van der Waals surface area contributed by atoms with Gasteiger partial charge >= 0.3 is 0 Å². The van der Waals surface area contributed by atoms with Crippen LogP contribution in [0.3, 0.4) is 0 Å². The second-order valence-electron chi connectivity index (χ2n) is 6.98. The van der Waals surface area contributed by atoms with Crippen molar-refractivity contribution in [3.63, 3.8) is 0 Å². The van der Waals surface area contributed by atoms with Crippen LogP contribution in [-0.4, -0.2) is 23.1 Å². The Morgan fingerprint density at radius 1 is 0.957 bits per heavy atom. The van der Waals surface area contributed by atoms with Crippen LogP contribution in [0.4, 0.5) is 0 Å². The molecule has 1 heterocycles. The summed E-state index contributed by atoms with van der Waals surface area (Å²) in [5.41, 5.74) is 1.70. The van der Waals surface area contributed by atoms with E-state index in [-0.39, 0.29) is 0 Å². The molecule has 23 heavy (non-hydrogen) atoms. The van der Waals surface area contributed by atoms with Crippen LogP contribution >= 0.6 is 11.6 Å². The topological polar surface area (TPSA) is 23.5 Å². The third-order valence-electron chi connectivity index (χ3n) is 5.62. The number of aliphatic hydroxyl groups is 1. The van der Waals surface area contributed by atoms with E-state index in [0.717, 1.165) is 43.1 Å². The molecule has 2 nitrogen and oxygen atoms in total. The number of benzene rings is 2. The fourth-order valence-corrected chi connectivity index (χ4v) is 4.62. The molecule has 1 aliphatic heterocycles. The van der Waals surface area contributed by atoms with Crippen LogP contribution in [0.15, 0.2) is 54.6 Å². The number of hydrogen-bond acceptors (Lipinski definition) is 2. The molecule has 0 spiro atoms. The van der Waals surface area contributed by atoms with Crippen LogP contribution in [0, 0.1) is 11.8 Å². The van der Waals surface area contributed by atoms with Crippen molar-refractivity contribution >= 4 is 11.6 Å². The second kappa shape index (κ2) is 5.94. The maximum absolute atomic E-state index is 11.4. The molecule has 2 aromatic carbocycles. The molecule has 1 saturated carbocycles. The Bertz CT molecular complexity index is 656. The predicted molar refractivity (Wildman–Crippen MR) is 93.3 cm³/mol. The highest BCUT2D eigenvalue weighted by atomic mass is 35.5. The Morgan fingerprint density at radius 2 is 1.57 bits per heavy atom. The molecule has 0 aromatic heterocycles. The zero-order valence-corrected chi connectivity index (χ0v) is 13.9. The molecule has 1 aliphatic carbocycles. The van der Waals surface area contributed by atoms with Gasteiger partial charge in [-0.15, -0.1) is 0 Å². The maximum Gasteiger partial charge on any atom is 0.0976 e. The number of nitrogens with zero attached hydrogens (tertiary/aromatic N) is 1. The number of rotatable bonds is 3. The van der Waals surface area contributed by atoms with E-state index in [0.29, 0.717) is 11.8 Å². The summed E-state index contributed by atoms with van der Waals surface area (Å²) < 4.78 is 0. The summed E-state index contributed by atoms with van der Waals surface area (Å²) in [5, 5.41) is 12.2. The molecule has 2 aromatic rings. The van der Waals surface area contributed by atoms with Gasteiger partial charge in [0.05, 0.1) is 5.60 Å². The minimum absolute atomic E-state index is 0.311. The molecule has 120 valence electrons. The molecule has 0 radical (unpaired) electrons. The van der Waals surface area contributed by atoms with Gasteiger partial charge in [-0.3, -0.25) is 4.90 Å². The van der Waals surface area contributed by atoms with E-state index in [4.69, 9.17) is 11.6 Å². The lowest BCUT2D eigenvalue weighted by atomic mass is 9.75. The van der Waals surface area contributed by atoms with Gasteiger partial charge in [0.25, 0.3) is 0 Å². The van der Waals surface area contributed by atoms with Gasteiger partial charge in [0, 0.05) is 36.5 Å². The first-order valence-corrected chi connectivity index (χ1v) is 8.79. The van der Waals surface area contributed by atoms with E-state index < -0.39 is 5.60 Å². The second-order valence-corrected chi connectivity index (χ2v) is 7.42. The first-order chi connectivity index (χ1) is 11.2. The SMILES string of the molecule is OC1(c2ccc(Cl)cc2)C2CCC1CN(Cc1ccccc1)C2. The van der Waals surface area contributed by atoms with Crippen LogP contribution in [0.2, 0.25) is 5.02 Å². The highest BCUT2D eigenvalue weighted by molar-refractivity contribution is 6.30. The lowest BCUT2D eigenvalue weighted by molar-refractivity contribution is -0.0914. The van der Waals surface area contributed by atoms with Crippen molar-refractivity contribution in [3.05, 3.63) is 70.7 Å². The van der Waals surface area contributed by atoms with Crippen molar-refractivity contribution in [1.29, 1.82) is 0 Å². The summed E-state index contributed by atoms with van der Waals surface area (Å²) in [7, 11) is 0. The van der Waals surface area contributed by atoms with Crippen molar-refractivity contribution < 1.29 is 5.11 Å². The number of piperidine rings is 1. The van der Waals surface area contributed by atoms with Gasteiger partial charge in [0.1, 0.15) is 0 Å². The lowest BCUT2D eigenvalue weighted by Gasteiger charge is -2.45. The van der Waals surface area contributed by atoms with Gasteiger partial charge in [-0.1, -0.05) is 54.1 Å². The zero-order chi connectivity index (χ0) is 15.9. The zero-order valence-electron chi connectivity index (χ0n) is 13.2. The molecule has 1 saturated heterocycles. The predicted octanol–water partition coefficient (Wildman–Crippen LogP) is 4.07. The third-order valence-corrected chi connectivity index (χ3v) is 5.87. The monoisotopic (exact) mass is 327 g/mol. The van der Waals surface area contributed by atoms with E-state index in [2.05, 4.69) is 35.2 Å². The Morgan fingerprint density at radius 3 is 2.17 bits per heavy atom. The van der Waals surface area contributed by atoms with Crippen LogP contribution in [-0.2, 0) is 12.1 Å². The van der Waals surface area contributed by atoms with Gasteiger partial charge in [0.2, 0.25) is 0 Å². The average Bonchev–Trinajstić information content (AvgIpc) is 2.74. The molecular formula is C20H22ClNO. The van der Waals surface area contributed by atoms with Crippen LogP contribution in [0.1, 0.15) is 24.0 Å². The minimum atomic E-state index is -0.683. The molecule has 2 fully saturated rings. The maximum atomic E-state index is 11.4.